The second kappa shape index (κ2) is 6.65. The van der Waals surface area contributed by atoms with Crippen LogP contribution in [0.2, 0.25) is 0 Å². The molecule has 128 valence electrons. The first-order valence-corrected chi connectivity index (χ1v) is 8.27. The van der Waals surface area contributed by atoms with E-state index in [1.807, 2.05) is 39.1 Å². The molecule has 0 atom stereocenters. The van der Waals surface area contributed by atoms with E-state index >= 15 is 0 Å². The Morgan fingerprint density at radius 1 is 1.12 bits per heavy atom. The first kappa shape index (κ1) is 16.5. The first-order chi connectivity index (χ1) is 11.5. The number of rotatable bonds is 3. The van der Waals surface area contributed by atoms with Crippen LogP contribution in [0.1, 0.15) is 24.4 Å². The molecule has 1 aromatic heterocycles. The molecule has 1 aliphatic rings. The molecule has 1 N–H and O–H groups in total. The van der Waals surface area contributed by atoms with Gasteiger partial charge in [0, 0.05) is 37.5 Å². The molecular formula is C18H23N3O3. The Hall–Kier alpha value is -2.34. The first-order valence-electron chi connectivity index (χ1n) is 8.27. The second-order valence-corrected chi connectivity index (χ2v) is 6.54. The Morgan fingerprint density at radius 2 is 1.79 bits per heavy atom. The van der Waals surface area contributed by atoms with Gasteiger partial charge in [0.15, 0.2) is 0 Å². The van der Waals surface area contributed by atoms with Crippen LogP contribution in [-0.4, -0.2) is 54.8 Å². The lowest BCUT2D eigenvalue weighted by Crippen LogP contribution is -2.47. The number of piperazine rings is 1. The Balaban J connectivity index is 1.97. The average Bonchev–Trinajstić information content (AvgIpc) is 2.93. The molecule has 6 heteroatoms. The van der Waals surface area contributed by atoms with E-state index in [1.54, 1.807) is 11.0 Å². The zero-order valence-electron chi connectivity index (χ0n) is 14.3. The Labute approximate surface area is 141 Å². The molecule has 2 heterocycles. The van der Waals surface area contributed by atoms with Crippen LogP contribution in [0.15, 0.2) is 28.7 Å². The van der Waals surface area contributed by atoms with Crippen LogP contribution in [0.25, 0.3) is 11.0 Å². The number of para-hydroxylation sites is 1. The third kappa shape index (κ3) is 3.14. The number of benzene rings is 1. The topological polar surface area (TPSA) is 65.8 Å². The summed E-state index contributed by atoms with van der Waals surface area (Å²) in [5, 5.41) is 3.62. The van der Waals surface area contributed by atoms with Gasteiger partial charge in [0.05, 0.1) is 0 Å². The van der Waals surface area contributed by atoms with Crippen LogP contribution in [0.4, 0.5) is 5.69 Å². The van der Waals surface area contributed by atoms with Crippen LogP contribution in [0, 0.1) is 5.92 Å². The smallest absolute Gasteiger partial charge is 0.291 e. The standard InChI is InChI=1S/C18H23N3O3/c1-12(2)17(22)19-15-13-6-4-5-7-14(13)24-16(15)18(23)21-10-8-20(3)9-11-21/h4-7,12H,8-11H2,1-3H3,(H,19,22). The van der Waals surface area contributed by atoms with E-state index in [0.717, 1.165) is 18.5 Å². The lowest BCUT2D eigenvalue weighted by molar-refractivity contribution is -0.118. The van der Waals surface area contributed by atoms with E-state index in [9.17, 15) is 9.59 Å². The zero-order valence-corrected chi connectivity index (χ0v) is 14.3. The van der Waals surface area contributed by atoms with E-state index in [0.29, 0.717) is 24.4 Å². The number of carbonyl (C=O) groups excluding carboxylic acids is 2. The van der Waals surface area contributed by atoms with Gasteiger partial charge in [-0.15, -0.1) is 0 Å². The van der Waals surface area contributed by atoms with Crippen LogP contribution >= 0.6 is 0 Å². The van der Waals surface area contributed by atoms with Crippen molar-refractivity contribution in [1.29, 1.82) is 0 Å². The molecule has 2 amide bonds. The van der Waals surface area contributed by atoms with Gasteiger partial charge in [-0.05, 0) is 19.2 Å². The Morgan fingerprint density at radius 3 is 2.46 bits per heavy atom. The van der Waals surface area contributed by atoms with E-state index in [-0.39, 0.29) is 23.5 Å². The van der Waals surface area contributed by atoms with Gasteiger partial charge in [-0.3, -0.25) is 9.59 Å². The van der Waals surface area contributed by atoms with E-state index in [2.05, 4.69) is 10.2 Å². The summed E-state index contributed by atoms with van der Waals surface area (Å²) >= 11 is 0. The molecule has 1 saturated heterocycles. The minimum atomic E-state index is -0.176. The average molecular weight is 329 g/mol. The summed E-state index contributed by atoms with van der Waals surface area (Å²) in [6, 6.07) is 7.38. The number of likely N-dealkylation sites (N-methyl/N-ethyl adjacent to an activating group) is 1. The van der Waals surface area contributed by atoms with Gasteiger partial charge >= 0.3 is 0 Å². The monoisotopic (exact) mass is 329 g/mol. The van der Waals surface area contributed by atoms with Crippen LogP contribution in [-0.2, 0) is 4.79 Å². The van der Waals surface area contributed by atoms with Crippen molar-refractivity contribution in [2.75, 3.05) is 38.5 Å². The fraction of sp³-hybridized carbons (Fsp3) is 0.444. The maximum atomic E-state index is 12.9. The van der Waals surface area contributed by atoms with Crippen molar-refractivity contribution in [3.63, 3.8) is 0 Å². The van der Waals surface area contributed by atoms with Crippen molar-refractivity contribution >= 4 is 28.5 Å². The number of anilines is 1. The van der Waals surface area contributed by atoms with Gasteiger partial charge in [-0.2, -0.15) is 0 Å². The highest BCUT2D eigenvalue weighted by Crippen LogP contribution is 2.32. The van der Waals surface area contributed by atoms with Crippen molar-refractivity contribution in [2.45, 2.75) is 13.8 Å². The minimum Gasteiger partial charge on any atom is -0.449 e. The van der Waals surface area contributed by atoms with Crippen molar-refractivity contribution in [3.05, 3.63) is 30.0 Å². The maximum absolute atomic E-state index is 12.9. The molecule has 0 aliphatic carbocycles. The number of nitrogens with one attached hydrogen (secondary N) is 1. The number of furan rings is 1. The fourth-order valence-corrected chi connectivity index (χ4v) is 2.74. The highest BCUT2D eigenvalue weighted by Gasteiger charge is 2.28. The molecule has 24 heavy (non-hydrogen) atoms. The fourth-order valence-electron chi connectivity index (χ4n) is 2.74. The molecule has 3 rings (SSSR count). The molecular weight excluding hydrogens is 306 g/mol. The maximum Gasteiger partial charge on any atom is 0.291 e. The van der Waals surface area contributed by atoms with Gasteiger partial charge in [0.1, 0.15) is 11.3 Å². The number of nitrogens with zero attached hydrogens (tertiary/aromatic N) is 2. The lowest BCUT2D eigenvalue weighted by atomic mass is 10.1. The normalized spacial score (nSPS) is 15.9. The Kier molecular flexibility index (Phi) is 4.57. The predicted octanol–water partition coefficient (Wildman–Crippen LogP) is 2.41. The zero-order chi connectivity index (χ0) is 17.3. The SMILES string of the molecule is CC(C)C(=O)Nc1c(C(=O)N2CCN(C)CC2)oc2ccccc12. The van der Waals surface area contributed by atoms with E-state index in [1.165, 1.54) is 0 Å². The number of hydrogen-bond acceptors (Lipinski definition) is 4. The number of amides is 2. The molecule has 0 spiro atoms. The molecule has 2 aromatic rings. The highest BCUT2D eigenvalue weighted by atomic mass is 16.3. The van der Waals surface area contributed by atoms with Crippen LogP contribution in [0.5, 0.6) is 0 Å². The predicted molar refractivity (Wildman–Crippen MR) is 93.1 cm³/mol. The summed E-state index contributed by atoms with van der Waals surface area (Å²) < 4.78 is 5.80. The second-order valence-electron chi connectivity index (χ2n) is 6.54. The van der Waals surface area contributed by atoms with Crippen LogP contribution < -0.4 is 5.32 Å². The van der Waals surface area contributed by atoms with Gasteiger partial charge in [-0.25, -0.2) is 0 Å². The molecule has 1 aromatic carbocycles. The van der Waals surface area contributed by atoms with Crippen molar-refractivity contribution in [2.24, 2.45) is 5.92 Å². The van der Waals surface area contributed by atoms with Gasteiger partial charge < -0.3 is 19.5 Å². The summed E-state index contributed by atoms with van der Waals surface area (Å²) in [6.45, 7) is 6.62. The molecule has 1 fully saturated rings. The van der Waals surface area contributed by atoms with E-state index < -0.39 is 0 Å². The molecule has 6 nitrogen and oxygen atoms in total. The number of hydrogen-bond donors (Lipinski definition) is 1. The lowest BCUT2D eigenvalue weighted by Gasteiger charge is -2.32. The molecule has 0 radical (unpaired) electrons. The minimum absolute atomic E-state index is 0.131. The summed E-state index contributed by atoms with van der Waals surface area (Å²) in [7, 11) is 2.04. The largest absolute Gasteiger partial charge is 0.449 e. The van der Waals surface area contributed by atoms with Gasteiger partial charge in [0.2, 0.25) is 11.7 Å². The summed E-state index contributed by atoms with van der Waals surface area (Å²) in [5.41, 5.74) is 1.09. The van der Waals surface area contributed by atoms with Crippen molar-refractivity contribution < 1.29 is 14.0 Å². The molecule has 0 saturated carbocycles. The number of carbonyl (C=O) groups is 2. The summed E-state index contributed by atoms with van der Waals surface area (Å²) in [6.07, 6.45) is 0. The molecule has 1 aliphatic heterocycles. The Bertz CT molecular complexity index is 758. The van der Waals surface area contributed by atoms with Gasteiger partial charge in [0.25, 0.3) is 5.91 Å². The molecule has 0 bridgehead atoms. The molecule has 0 unspecified atom stereocenters. The van der Waals surface area contributed by atoms with Gasteiger partial charge in [-0.1, -0.05) is 26.0 Å². The third-order valence-corrected chi connectivity index (χ3v) is 4.35. The summed E-state index contributed by atoms with van der Waals surface area (Å²) in [5.74, 6) is -0.257. The summed E-state index contributed by atoms with van der Waals surface area (Å²) in [4.78, 5) is 29.0. The quantitative estimate of drug-likeness (QED) is 0.939. The van der Waals surface area contributed by atoms with Crippen molar-refractivity contribution in [3.8, 4) is 0 Å². The highest BCUT2D eigenvalue weighted by molar-refractivity contribution is 6.11. The number of fused-ring (bicyclic) bond motifs is 1. The third-order valence-electron chi connectivity index (χ3n) is 4.35. The van der Waals surface area contributed by atoms with Crippen molar-refractivity contribution in [1.82, 2.24) is 9.80 Å². The van der Waals surface area contributed by atoms with Crippen LogP contribution in [0.3, 0.4) is 0 Å². The van der Waals surface area contributed by atoms with E-state index in [4.69, 9.17) is 4.42 Å².